The van der Waals surface area contributed by atoms with E-state index in [9.17, 15) is 8.78 Å². The molecule has 0 aliphatic carbocycles. The number of nitrogens with one attached hydrogen (secondary N) is 1. The number of hydrogen-bond acceptors (Lipinski definition) is 4. The first-order valence-electron chi connectivity index (χ1n) is 10.2. The van der Waals surface area contributed by atoms with E-state index >= 15 is 0 Å². The van der Waals surface area contributed by atoms with Crippen molar-refractivity contribution in [3.63, 3.8) is 0 Å². The first-order chi connectivity index (χ1) is 14.6. The molecule has 1 aliphatic rings. The molecule has 0 radical (unpaired) electrons. The molecule has 1 aliphatic heterocycles. The van der Waals surface area contributed by atoms with E-state index in [2.05, 4.69) is 15.2 Å². The molecule has 30 heavy (non-hydrogen) atoms. The fourth-order valence-corrected chi connectivity index (χ4v) is 4.04. The van der Waals surface area contributed by atoms with Gasteiger partial charge >= 0.3 is 0 Å². The molecule has 0 saturated heterocycles. The summed E-state index contributed by atoms with van der Waals surface area (Å²) in [6.07, 6.45) is 4.81. The molecule has 2 heterocycles. The molecule has 6 heteroatoms. The maximum absolute atomic E-state index is 13.8. The monoisotopic (exact) mass is 408 g/mol. The number of pyridine rings is 1. The van der Waals surface area contributed by atoms with Gasteiger partial charge in [-0.05, 0) is 71.5 Å². The molecule has 1 unspecified atom stereocenters. The van der Waals surface area contributed by atoms with E-state index < -0.39 is 0 Å². The Hall–Kier alpha value is -2.67. The van der Waals surface area contributed by atoms with Crippen LogP contribution in [0.1, 0.15) is 22.3 Å². The van der Waals surface area contributed by atoms with Gasteiger partial charge in [0.25, 0.3) is 0 Å². The number of nitrogens with two attached hydrogens (primary N) is 1. The second kappa shape index (κ2) is 9.43. The second-order valence-electron chi connectivity index (χ2n) is 7.87. The quantitative estimate of drug-likeness (QED) is 0.589. The largest absolute Gasteiger partial charge is 0.315 e. The van der Waals surface area contributed by atoms with Crippen molar-refractivity contribution in [2.45, 2.75) is 38.1 Å². The van der Waals surface area contributed by atoms with E-state index in [-0.39, 0.29) is 23.8 Å². The van der Waals surface area contributed by atoms with E-state index in [1.165, 1.54) is 18.2 Å². The normalized spacial score (nSPS) is 17.5. The molecule has 4 nitrogen and oxygen atoms in total. The van der Waals surface area contributed by atoms with Crippen molar-refractivity contribution >= 4 is 0 Å². The van der Waals surface area contributed by atoms with Crippen LogP contribution >= 0.6 is 0 Å². The standard InChI is InChI=1S/C24H26F2N4/c25-21-4-1-17(2-5-21)11-23-13-20-12-22(26)6-3-19(20)15-30(23)16-24(27)29-14-18-7-9-28-10-8-18/h1-10,12,23-24,29H,11,13-16,27H2/t23?,24-/m1/s1. The summed E-state index contributed by atoms with van der Waals surface area (Å²) in [7, 11) is 0. The van der Waals surface area contributed by atoms with Crippen LogP contribution in [0.5, 0.6) is 0 Å². The lowest BCUT2D eigenvalue weighted by atomic mass is 9.90. The Morgan fingerprint density at radius 1 is 0.967 bits per heavy atom. The third-order valence-corrected chi connectivity index (χ3v) is 5.65. The Morgan fingerprint density at radius 3 is 2.47 bits per heavy atom. The van der Waals surface area contributed by atoms with Gasteiger partial charge in [-0.3, -0.25) is 15.2 Å². The van der Waals surface area contributed by atoms with E-state index in [1.54, 1.807) is 18.5 Å². The molecule has 0 amide bonds. The Bertz CT molecular complexity index is 963. The van der Waals surface area contributed by atoms with Gasteiger partial charge in [0.2, 0.25) is 0 Å². The highest BCUT2D eigenvalue weighted by Crippen LogP contribution is 2.26. The lowest BCUT2D eigenvalue weighted by molar-refractivity contribution is 0.152. The molecular weight excluding hydrogens is 382 g/mol. The van der Waals surface area contributed by atoms with Gasteiger partial charge in [0.05, 0.1) is 6.17 Å². The summed E-state index contributed by atoms with van der Waals surface area (Å²) in [6.45, 7) is 2.04. The number of benzene rings is 2. The van der Waals surface area contributed by atoms with Crippen LogP contribution in [0.4, 0.5) is 8.78 Å². The Kier molecular flexibility index (Phi) is 6.47. The van der Waals surface area contributed by atoms with Crippen molar-refractivity contribution < 1.29 is 8.78 Å². The van der Waals surface area contributed by atoms with Crippen LogP contribution < -0.4 is 11.1 Å². The van der Waals surface area contributed by atoms with Crippen LogP contribution in [0.25, 0.3) is 0 Å². The predicted octanol–water partition coefficient (Wildman–Crippen LogP) is 3.40. The van der Waals surface area contributed by atoms with E-state index in [0.29, 0.717) is 19.6 Å². The molecular formula is C24H26F2N4. The van der Waals surface area contributed by atoms with Gasteiger partial charge in [0.15, 0.2) is 0 Å². The summed E-state index contributed by atoms with van der Waals surface area (Å²) in [5.74, 6) is -0.451. The molecule has 0 saturated carbocycles. The Labute approximate surface area is 175 Å². The highest BCUT2D eigenvalue weighted by Gasteiger charge is 2.27. The predicted molar refractivity (Wildman–Crippen MR) is 113 cm³/mol. The van der Waals surface area contributed by atoms with Crippen molar-refractivity contribution in [2.24, 2.45) is 5.73 Å². The van der Waals surface area contributed by atoms with Gasteiger partial charge in [-0.15, -0.1) is 0 Å². The van der Waals surface area contributed by atoms with Crippen molar-refractivity contribution in [2.75, 3.05) is 6.54 Å². The summed E-state index contributed by atoms with van der Waals surface area (Å²) in [6, 6.07) is 15.7. The third kappa shape index (κ3) is 5.27. The van der Waals surface area contributed by atoms with Crippen LogP contribution in [0, 0.1) is 11.6 Å². The minimum Gasteiger partial charge on any atom is -0.315 e. The maximum atomic E-state index is 13.8. The van der Waals surface area contributed by atoms with Crippen LogP contribution in [0.3, 0.4) is 0 Å². The molecule has 0 bridgehead atoms. The first kappa shape index (κ1) is 20.6. The summed E-state index contributed by atoms with van der Waals surface area (Å²) >= 11 is 0. The topological polar surface area (TPSA) is 54.2 Å². The van der Waals surface area contributed by atoms with Crippen LogP contribution in [0.2, 0.25) is 0 Å². The molecule has 1 aromatic heterocycles. The average molecular weight is 408 g/mol. The third-order valence-electron chi connectivity index (χ3n) is 5.65. The lowest BCUT2D eigenvalue weighted by Gasteiger charge is -2.38. The highest BCUT2D eigenvalue weighted by molar-refractivity contribution is 5.32. The zero-order valence-electron chi connectivity index (χ0n) is 16.8. The second-order valence-corrected chi connectivity index (χ2v) is 7.87. The Morgan fingerprint density at radius 2 is 1.70 bits per heavy atom. The fraction of sp³-hybridized carbons (Fsp3) is 0.292. The van der Waals surface area contributed by atoms with Gasteiger partial charge in [0, 0.05) is 38.1 Å². The summed E-state index contributed by atoms with van der Waals surface area (Å²) in [5.41, 5.74) is 10.8. The SMILES string of the molecule is N[C@@H](CN1Cc2ccc(F)cc2CC1Cc1ccc(F)cc1)NCc1ccncc1. The summed E-state index contributed by atoms with van der Waals surface area (Å²) < 4.78 is 27.1. The number of nitrogens with zero attached hydrogens (tertiary/aromatic N) is 2. The highest BCUT2D eigenvalue weighted by atomic mass is 19.1. The molecule has 3 aromatic rings. The molecule has 156 valence electrons. The van der Waals surface area contributed by atoms with E-state index in [4.69, 9.17) is 5.73 Å². The number of rotatable bonds is 7. The average Bonchev–Trinajstić information content (AvgIpc) is 2.75. The first-order valence-corrected chi connectivity index (χ1v) is 10.2. The van der Waals surface area contributed by atoms with E-state index in [1.807, 2.05) is 30.3 Å². The fourth-order valence-electron chi connectivity index (χ4n) is 4.04. The molecule has 2 aromatic carbocycles. The Balaban J connectivity index is 1.47. The zero-order chi connectivity index (χ0) is 20.9. The zero-order valence-corrected chi connectivity index (χ0v) is 16.8. The van der Waals surface area contributed by atoms with Crippen molar-refractivity contribution in [3.05, 3.63) is 101 Å². The number of aromatic nitrogens is 1. The van der Waals surface area contributed by atoms with Crippen molar-refractivity contribution in [3.8, 4) is 0 Å². The van der Waals surface area contributed by atoms with Gasteiger partial charge in [0.1, 0.15) is 11.6 Å². The molecule has 0 spiro atoms. The maximum Gasteiger partial charge on any atom is 0.123 e. The van der Waals surface area contributed by atoms with Crippen LogP contribution in [0.15, 0.2) is 67.0 Å². The number of fused-ring (bicyclic) bond motifs is 1. The lowest BCUT2D eigenvalue weighted by Crippen LogP contribution is -2.52. The van der Waals surface area contributed by atoms with Gasteiger partial charge in [-0.2, -0.15) is 0 Å². The van der Waals surface area contributed by atoms with Gasteiger partial charge in [-0.25, -0.2) is 8.78 Å². The minimum absolute atomic E-state index is 0.165. The minimum atomic E-state index is -0.242. The van der Waals surface area contributed by atoms with Crippen molar-refractivity contribution in [1.29, 1.82) is 0 Å². The van der Waals surface area contributed by atoms with Gasteiger partial charge in [-0.1, -0.05) is 18.2 Å². The van der Waals surface area contributed by atoms with Gasteiger partial charge < -0.3 is 5.73 Å². The van der Waals surface area contributed by atoms with Crippen LogP contribution in [-0.4, -0.2) is 28.6 Å². The number of halogens is 2. The number of hydrogen-bond donors (Lipinski definition) is 2. The summed E-state index contributed by atoms with van der Waals surface area (Å²) in [5, 5.41) is 3.37. The van der Waals surface area contributed by atoms with E-state index in [0.717, 1.165) is 35.1 Å². The molecule has 2 atom stereocenters. The van der Waals surface area contributed by atoms with Crippen LogP contribution in [-0.2, 0) is 25.9 Å². The molecule has 3 N–H and O–H groups in total. The smallest absolute Gasteiger partial charge is 0.123 e. The summed E-state index contributed by atoms with van der Waals surface area (Å²) in [4.78, 5) is 6.37. The molecule has 4 rings (SSSR count). The molecule has 0 fully saturated rings. The van der Waals surface area contributed by atoms with Crippen molar-refractivity contribution in [1.82, 2.24) is 15.2 Å².